The molecule has 0 radical (unpaired) electrons. The summed E-state index contributed by atoms with van der Waals surface area (Å²) in [7, 11) is 0. The van der Waals surface area contributed by atoms with Crippen molar-refractivity contribution in [2.45, 2.75) is 51.0 Å². The van der Waals surface area contributed by atoms with Gasteiger partial charge in [-0.25, -0.2) is 0 Å². The third-order valence-corrected chi connectivity index (χ3v) is 4.43. The van der Waals surface area contributed by atoms with Crippen LogP contribution in [0.1, 0.15) is 45.4 Å². The van der Waals surface area contributed by atoms with Crippen molar-refractivity contribution in [1.82, 2.24) is 4.90 Å². The minimum Gasteiger partial charge on any atom is -0.381 e. The molecule has 0 aromatic heterocycles. The average Bonchev–Trinajstić information content (AvgIpc) is 2.33. The summed E-state index contributed by atoms with van der Waals surface area (Å²) in [5, 5.41) is 0. The zero-order chi connectivity index (χ0) is 12.1. The van der Waals surface area contributed by atoms with E-state index in [1.54, 1.807) is 0 Å². The van der Waals surface area contributed by atoms with Crippen LogP contribution in [-0.4, -0.2) is 43.3 Å². The highest BCUT2D eigenvalue weighted by Crippen LogP contribution is 2.25. The van der Waals surface area contributed by atoms with E-state index in [9.17, 15) is 0 Å². The summed E-state index contributed by atoms with van der Waals surface area (Å²) in [5.74, 6) is 0.972. The first-order valence-corrected chi connectivity index (χ1v) is 7.31. The SMILES string of the molecule is CCCC1CCN(CC2(N)CCOCC2)CC1. The second kappa shape index (κ2) is 6.17. The molecule has 3 nitrogen and oxygen atoms in total. The van der Waals surface area contributed by atoms with Gasteiger partial charge in [0.25, 0.3) is 0 Å². The Labute approximate surface area is 106 Å². The molecule has 0 aliphatic carbocycles. The summed E-state index contributed by atoms with van der Waals surface area (Å²) in [6, 6.07) is 0. The van der Waals surface area contributed by atoms with E-state index >= 15 is 0 Å². The molecule has 2 aliphatic heterocycles. The smallest absolute Gasteiger partial charge is 0.0484 e. The quantitative estimate of drug-likeness (QED) is 0.817. The van der Waals surface area contributed by atoms with Crippen LogP contribution in [0.15, 0.2) is 0 Å². The number of nitrogens with two attached hydrogens (primary N) is 1. The van der Waals surface area contributed by atoms with Crippen molar-refractivity contribution in [2.24, 2.45) is 11.7 Å². The predicted octanol–water partition coefficient (Wildman–Crippen LogP) is 2.01. The monoisotopic (exact) mass is 240 g/mol. The number of likely N-dealkylation sites (tertiary alicyclic amines) is 1. The highest BCUT2D eigenvalue weighted by molar-refractivity contribution is 4.90. The number of piperidine rings is 1. The van der Waals surface area contributed by atoms with Crippen LogP contribution in [0, 0.1) is 5.92 Å². The van der Waals surface area contributed by atoms with E-state index in [0.29, 0.717) is 0 Å². The molecular formula is C14H28N2O. The molecule has 2 rings (SSSR count). The molecular weight excluding hydrogens is 212 g/mol. The van der Waals surface area contributed by atoms with Crippen molar-refractivity contribution in [3.63, 3.8) is 0 Å². The van der Waals surface area contributed by atoms with Gasteiger partial charge in [0.15, 0.2) is 0 Å². The fraction of sp³-hybridized carbons (Fsp3) is 1.00. The van der Waals surface area contributed by atoms with Gasteiger partial charge in [-0.05, 0) is 44.7 Å². The van der Waals surface area contributed by atoms with Crippen molar-refractivity contribution < 1.29 is 4.74 Å². The Morgan fingerprint density at radius 2 is 1.88 bits per heavy atom. The van der Waals surface area contributed by atoms with E-state index in [1.807, 2.05) is 0 Å². The summed E-state index contributed by atoms with van der Waals surface area (Å²) in [4.78, 5) is 2.58. The first kappa shape index (κ1) is 13.3. The molecule has 0 aromatic carbocycles. The molecule has 2 N–H and O–H groups in total. The van der Waals surface area contributed by atoms with Gasteiger partial charge >= 0.3 is 0 Å². The molecule has 0 aromatic rings. The van der Waals surface area contributed by atoms with Gasteiger partial charge < -0.3 is 15.4 Å². The molecule has 2 heterocycles. The van der Waals surface area contributed by atoms with Gasteiger partial charge in [-0.2, -0.15) is 0 Å². The highest BCUT2D eigenvalue weighted by atomic mass is 16.5. The maximum atomic E-state index is 6.46. The highest BCUT2D eigenvalue weighted by Gasteiger charge is 2.31. The number of nitrogens with zero attached hydrogens (tertiary/aromatic N) is 1. The first-order valence-electron chi connectivity index (χ1n) is 7.31. The Balaban J connectivity index is 1.73. The van der Waals surface area contributed by atoms with Crippen LogP contribution in [0.3, 0.4) is 0 Å². The Morgan fingerprint density at radius 3 is 2.47 bits per heavy atom. The summed E-state index contributed by atoms with van der Waals surface area (Å²) in [5.41, 5.74) is 6.49. The molecule has 0 bridgehead atoms. The van der Waals surface area contributed by atoms with Crippen LogP contribution in [0.25, 0.3) is 0 Å². The predicted molar refractivity (Wildman–Crippen MR) is 71.0 cm³/mol. The van der Waals surface area contributed by atoms with Crippen molar-refractivity contribution in [1.29, 1.82) is 0 Å². The minimum absolute atomic E-state index is 0.0237. The molecule has 2 fully saturated rings. The second-order valence-corrected chi connectivity index (χ2v) is 5.98. The van der Waals surface area contributed by atoms with Crippen LogP contribution in [0.5, 0.6) is 0 Å². The Hall–Kier alpha value is -0.120. The lowest BCUT2D eigenvalue weighted by atomic mass is 9.88. The molecule has 17 heavy (non-hydrogen) atoms. The van der Waals surface area contributed by atoms with E-state index in [1.165, 1.54) is 38.8 Å². The molecule has 0 spiro atoms. The first-order chi connectivity index (χ1) is 8.22. The molecule has 0 saturated carbocycles. The van der Waals surface area contributed by atoms with Gasteiger partial charge in [-0.15, -0.1) is 0 Å². The summed E-state index contributed by atoms with van der Waals surface area (Å²) in [6.07, 6.45) is 7.56. The van der Waals surface area contributed by atoms with Gasteiger partial charge in [0, 0.05) is 25.3 Å². The van der Waals surface area contributed by atoms with E-state index in [2.05, 4.69) is 11.8 Å². The fourth-order valence-electron chi connectivity index (χ4n) is 3.22. The van der Waals surface area contributed by atoms with E-state index in [0.717, 1.165) is 38.5 Å². The molecule has 3 heteroatoms. The van der Waals surface area contributed by atoms with Crippen LogP contribution in [0.4, 0.5) is 0 Å². The summed E-state index contributed by atoms with van der Waals surface area (Å²) >= 11 is 0. The molecule has 2 saturated heterocycles. The Kier molecular flexibility index (Phi) is 4.83. The Morgan fingerprint density at radius 1 is 1.24 bits per heavy atom. The zero-order valence-corrected chi connectivity index (χ0v) is 11.3. The molecule has 0 amide bonds. The van der Waals surface area contributed by atoms with Crippen LogP contribution in [-0.2, 0) is 4.74 Å². The van der Waals surface area contributed by atoms with Gasteiger partial charge in [0.2, 0.25) is 0 Å². The third kappa shape index (κ3) is 3.94. The summed E-state index contributed by atoms with van der Waals surface area (Å²) in [6.45, 7) is 7.58. The normalized spacial score (nSPS) is 27.2. The van der Waals surface area contributed by atoms with Gasteiger partial charge in [-0.3, -0.25) is 0 Å². The Bertz CT molecular complexity index is 218. The number of ether oxygens (including phenoxy) is 1. The van der Waals surface area contributed by atoms with Crippen molar-refractivity contribution in [3.8, 4) is 0 Å². The average molecular weight is 240 g/mol. The zero-order valence-electron chi connectivity index (χ0n) is 11.3. The molecule has 0 atom stereocenters. The van der Waals surface area contributed by atoms with Gasteiger partial charge in [0.05, 0.1) is 0 Å². The topological polar surface area (TPSA) is 38.5 Å². The minimum atomic E-state index is 0.0237. The fourth-order valence-corrected chi connectivity index (χ4v) is 3.22. The third-order valence-electron chi connectivity index (χ3n) is 4.43. The number of rotatable bonds is 4. The molecule has 100 valence electrons. The van der Waals surface area contributed by atoms with Crippen molar-refractivity contribution >= 4 is 0 Å². The van der Waals surface area contributed by atoms with Crippen molar-refractivity contribution in [3.05, 3.63) is 0 Å². The van der Waals surface area contributed by atoms with Crippen molar-refractivity contribution in [2.75, 3.05) is 32.8 Å². The lowest BCUT2D eigenvalue weighted by molar-refractivity contribution is 0.0317. The largest absolute Gasteiger partial charge is 0.381 e. The van der Waals surface area contributed by atoms with Crippen LogP contribution < -0.4 is 5.73 Å². The van der Waals surface area contributed by atoms with E-state index < -0.39 is 0 Å². The van der Waals surface area contributed by atoms with Gasteiger partial charge in [-0.1, -0.05) is 19.8 Å². The van der Waals surface area contributed by atoms with Crippen LogP contribution in [0.2, 0.25) is 0 Å². The maximum Gasteiger partial charge on any atom is 0.0484 e. The number of hydrogen-bond donors (Lipinski definition) is 1. The lowest BCUT2D eigenvalue weighted by Gasteiger charge is -2.40. The molecule has 0 unspecified atom stereocenters. The summed E-state index contributed by atoms with van der Waals surface area (Å²) < 4.78 is 5.40. The standard InChI is InChI=1S/C14H28N2O/c1-2-3-13-4-8-16(9-5-13)12-14(15)6-10-17-11-7-14/h13H,2-12,15H2,1H3. The van der Waals surface area contributed by atoms with Gasteiger partial charge in [0.1, 0.15) is 0 Å². The van der Waals surface area contributed by atoms with Crippen LogP contribution >= 0.6 is 0 Å². The van der Waals surface area contributed by atoms with E-state index in [4.69, 9.17) is 10.5 Å². The van der Waals surface area contributed by atoms with E-state index in [-0.39, 0.29) is 5.54 Å². The lowest BCUT2D eigenvalue weighted by Crippen LogP contribution is -2.54. The maximum absolute atomic E-state index is 6.46. The molecule has 2 aliphatic rings. The number of hydrogen-bond acceptors (Lipinski definition) is 3. The second-order valence-electron chi connectivity index (χ2n) is 5.98.